The van der Waals surface area contributed by atoms with Crippen LogP contribution in [0.1, 0.15) is 18.1 Å². The fraction of sp³-hybridized carbons (Fsp3) is 0.176. The van der Waals surface area contributed by atoms with Crippen molar-refractivity contribution in [3.8, 4) is 11.5 Å². The largest absolute Gasteiger partial charge is 0.490 e. The molecule has 0 heterocycles. The number of benzene rings is 2. The summed E-state index contributed by atoms with van der Waals surface area (Å²) in [6.07, 6.45) is 2.30. The molecule has 0 saturated heterocycles. The first kappa shape index (κ1) is 16.8. The van der Waals surface area contributed by atoms with E-state index in [4.69, 9.17) is 21.1 Å². The minimum Gasteiger partial charge on any atom is -0.490 e. The topological polar surface area (TPSA) is 61.6 Å². The van der Waals surface area contributed by atoms with E-state index < -0.39 is 4.92 Å². The number of halogens is 1. The molecule has 0 aromatic heterocycles. The van der Waals surface area contributed by atoms with Crippen LogP contribution in [-0.4, -0.2) is 11.5 Å². The van der Waals surface area contributed by atoms with Crippen LogP contribution in [0.15, 0.2) is 48.7 Å². The molecule has 6 heteroatoms. The molecule has 0 radical (unpaired) electrons. The molecule has 0 atom stereocenters. The zero-order valence-electron chi connectivity index (χ0n) is 12.6. The first-order chi connectivity index (χ1) is 11.1. The summed E-state index contributed by atoms with van der Waals surface area (Å²) in [5.74, 6) is 1.13. The van der Waals surface area contributed by atoms with Crippen molar-refractivity contribution in [3.05, 3.63) is 74.9 Å². The lowest BCUT2D eigenvalue weighted by molar-refractivity contribution is -0.400. The Morgan fingerprint density at radius 3 is 2.52 bits per heavy atom. The van der Waals surface area contributed by atoms with Crippen LogP contribution in [0.4, 0.5) is 0 Å². The van der Waals surface area contributed by atoms with Gasteiger partial charge in [-0.15, -0.1) is 0 Å². The van der Waals surface area contributed by atoms with Crippen LogP contribution >= 0.6 is 11.6 Å². The maximum Gasteiger partial charge on any atom is 0.235 e. The zero-order valence-corrected chi connectivity index (χ0v) is 13.3. The molecule has 0 saturated carbocycles. The lowest BCUT2D eigenvalue weighted by Crippen LogP contribution is -2.00. The van der Waals surface area contributed by atoms with Crippen molar-refractivity contribution in [2.45, 2.75) is 13.5 Å². The standard InChI is InChI=1S/C17H16ClNO4/c1-2-22-17-11-13(9-10-19(20)21)5-8-16(17)23-12-14-3-6-15(18)7-4-14/h3-11H,2,12H2,1H3/b10-9-. The van der Waals surface area contributed by atoms with Gasteiger partial charge in [0.1, 0.15) is 6.61 Å². The lowest BCUT2D eigenvalue weighted by Gasteiger charge is -2.12. The minimum atomic E-state index is -0.509. The second-order valence-electron chi connectivity index (χ2n) is 4.66. The number of hydrogen-bond acceptors (Lipinski definition) is 4. The van der Waals surface area contributed by atoms with Crippen LogP contribution in [0, 0.1) is 10.1 Å². The highest BCUT2D eigenvalue weighted by Crippen LogP contribution is 2.30. The van der Waals surface area contributed by atoms with E-state index in [2.05, 4.69) is 0 Å². The van der Waals surface area contributed by atoms with E-state index in [-0.39, 0.29) is 0 Å². The van der Waals surface area contributed by atoms with Gasteiger partial charge in [0.2, 0.25) is 6.20 Å². The summed E-state index contributed by atoms with van der Waals surface area (Å²) in [5, 5.41) is 11.1. The molecule has 0 N–H and O–H groups in total. The molecule has 0 aliphatic heterocycles. The Labute approximate surface area is 139 Å². The fourth-order valence-electron chi connectivity index (χ4n) is 1.90. The van der Waals surface area contributed by atoms with E-state index in [1.165, 1.54) is 6.08 Å². The summed E-state index contributed by atoms with van der Waals surface area (Å²) in [6.45, 7) is 2.71. The maximum absolute atomic E-state index is 10.4. The minimum absolute atomic E-state index is 0.376. The smallest absolute Gasteiger partial charge is 0.235 e. The number of rotatable bonds is 7. The molecular weight excluding hydrogens is 318 g/mol. The molecule has 2 aromatic carbocycles. The number of nitrogens with zero attached hydrogens (tertiary/aromatic N) is 1. The van der Waals surface area contributed by atoms with E-state index in [0.29, 0.717) is 35.3 Å². The Bertz CT molecular complexity index is 698. The Kier molecular flexibility index (Phi) is 6.00. The average molecular weight is 334 g/mol. The molecule has 0 aliphatic rings. The average Bonchev–Trinajstić information content (AvgIpc) is 2.54. The van der Waals surface area contributed by atoms with Crippen LogP contribution < -0.4 is 9.47 Å². The summed E-state index contributed by atoms with van der Waals surface area (Å²) in [6, 6.07) is 12.6. The van der Waals surface area contributed by atoms with Crippen molar-refractivity contribution in [1.29, 1.82) is 0 Å². The number of nitro groups is 1. The van der Waals surface area contributed by atoms with Gasteiger partial charge in [-0.2, -0.15) is 0 Å². The van der Waals surface area contributed by atoms with Gasteiger partial charge in [-0.05, 0) is 42.3 Å². The van der Waals surface area contributed by atoms with Gasteiger partial charge in [-0.1, -0.05) is 29.8 Å². The van der Waals surface area contributed by atoms with Gasteiger partial charge in [0, 0.05) is 11.1 Å². The predicted molar refractivity (Wildman–Crippen MR) is 89.4 cm³/mol. The van der Waals surface area contributed by atoms with E-state index >= 15 is 0 Å². The van der Waals surface area contributed by atoms with Crippen molar-refractivity contribution >= 4 is 17.7 Å². The fourth-order valence-corrected chi connectivity index (χ4v) is 2.03. The van der Waals surface area contributed by atoms with Crippen LogP contribution in [0.5, 0.6) is 11.5 Å². The highest BCUT2D eigenvalue weighted by Gasteiger charge is 2.07. The van der Waals surface area contributed by atoms with E-state index in [0.717, 1.165) is 11.8 Å². The molecule has 2 aromatic rings. The van der Waals surface area contributed by atoms with E-state index in [1.54, 1.807) is 30.3 Å². The Balaban J connectivity index is 2.13. The third-order valence-electron chi connectivity index (χ3n) is 2.96. The van der Waals surface area contributed by atoms with Crippen LogP contribution in [0.3, 0.4) is 0 Å². The summed E-state index contributed by atoms with van der Waals surface area (Å²) in [4.78, 5) is 9.88. The normalized spacial score (nSPS) is 10.7. The first-order valence-electron chi connectivity index (χ1n) is 7.04. The third kappa shape index (κ3) is 5.30. The zero-order chi connectivity index (χ0) is 16.7. The molecule has 0 bridgehead atoms. The van der Waals surface area contributed by atoms with E-state index in [1.807, 2.05) is 19.1 Å². The maximum atomic E-state index is 10.4. The van der Waals surface area contributed by atoms with E-state index in [9.17, 15) is 10.1 Å². The predicted octanol–water partition coefficient (Wildman–Crippen LogP) is 4.57. The summed E-state index contributed by atoms with van der Waals surface area (Å²) >= 11 is 5.85. The van der Waals surface area contributed by atoms with Crippen LogP contribution in [-0.2, 0) is 6.61 Å². The molecule has 120 valence electrons. The molecule has 23 heavy (non-hydrogen) atoms. The van der Waals surface area contributed by atoms with Crippen LogP contribution in [0.2, 0.25) is 5.02 Å². The Morgan fingerprint density at radius 1 is 1.13 bits per heavy atom. The van der Waals surface area contributed by atoms with Crippen molar-refractivity contribution in [1.82, 2.24) is 0 Å². The van der Waals surface area contributed by atoms with Crippen molar-refractivity contribution in [2.75, 3.05) is 6.61 Å². The van der Waals surface area contributed by atoms with Crippen molar-refractivity contribution < 1.29 is 14.4 Å². The first-order valence-corrected chi connectivity index (χ1v) is 7.42. The Morgan fingerprint density at radius 2 is 1.87 bits per heavy atom. The quantitative estimate of drug-likeness (QED) is 0.550. The monoisotopic (exact) mass is 333 g/mol. The number of hydrogen-bond donors (Lipinski definition) is 0. The van der Waals surface area contributed by atoms with Gasteiger partial charge in [-0.25, -0.2) is 0 Å². The third-order valence-corrected chi connectivity index (χ3v) is 3.22. The molecule has 0 amide bonds. The number of ether oxygens (including phenoxy) is 2. The highest BCUT2D eigenvalue weighted by atomic mass is 35.5. The summed E-state index contributed by atoms with van der Waals surface area (Å²) in [7, 11) is 0. The van der Waals surface area contributed by atoms with Gasteiger partial charge in [0.25, 0.3) is 0 Å². The summed E-state index contributed by atoms with van der Waals surface area (Å²) in [5.41, 5.74) is 1.65. The SMILES string of the molecule is CCOc1cc(/C=C\[N+](=O)[O-])ccc1OCc1ccc(Cl)cc1. The second-order valence-corrected chi connectivity index (χ2v) is 5.09. The molecule has 0 spiro atoms. The lowest BCUT2D eigenvalue weighted by atomic mass is 10.2. The second kappa shape index (κ2) is 8.19. The summed E-state index contributed by atoms with van der Waals surface area (Å²) < 4.78 is 11.3. The van der Waals surface area contributed by atoms with Crippen molar-refractivity contribution in [2.24, 2.45) is 0 Å². The highest BCUT2D eigenvalue weighted by molar-refractivity contribution is 6.30. The molecular formula is C17H16ClNO4. The van der Waals surface area contributed by atoms with Gasteiger partial charge in [-0.3, -0.25) is 10.1 Å². The Hall–Kier alpha value is -2.53. The molecule has 0 unspecified atom stereocenters. The van der Waals surface area contributed by atoms with Gasteiger partial charge >= 0.3 is 0 Å². The van der Waals surface area contributed by atoms with Gasteiger partial charge < -0.3 is 9.47 Å². The molecule has 0 fully saturated rings. The molecule has 0 aliphatic carbocycles. The molecule has 2 rings (SSSR count). The van der Waals surface area contributed by atoms with Gasteiger partial charge in [0.15, 0.2) is 11.5 Å². The molecule has 5 nitrogen and oxygen atoms in total. The van der Waals surface area contributed by atoms with Gasteiger partial charge in [0.05, 0.1) is 11.5 Å². The van der Waals surface area contributed by atoms with Crippen LogP contribution in [0.25, 0.3) is 6.08 Å². The van der Waals surface area contributed by atoms with Crippen molar-refractivity contribution in [3.63, 3.8) is 0 Å².